The summed E-state index contributed by atoms with van der Waals surface area (Å²) in [4.78, 5) is 13.2. The van der Waals surface area contributed by atoms with E-state index in [1.807, 2.05) is 26.8 Å². The second kappa shape index (κ2) is 9.40. The molecule has 5 nitrogen and oxygen atoms in total. The Balaban J connectivity index is 1.58. The summed E-state index contributed by atoms with van der Waals surface area (Å²) in [6, 6.07) is 20.0. The molecule has 0 unspecified atom stereocenters. The van der Waals surface area contributed by atoms with Crippen molar-refractivity contribution >= 4 is 21.6 Å². The number of hydrogen-bond acceptors (Lipinski definition) is 3. The molecule has 1 aliphatic rings. The first kappa shape index (κ1) is 23.1. The van der Waals surface area contributed by atoms with Crippen LogP contribution < -0.4 is 9.62 Å². The number of hydrogen-bond donors (Lipinski definition) is 1. The van der Waals surface area contributed by atoms with Gasteiger partial charge in [0, 0.05) is 0 Å². The van der Waals surface area contributed by atoms with E-state index in [-0.39, 0.29) is 23.4 Å². The monoisotopic (exact) mass is 462 g/mol. The molecule has 0 aromatic heterocycles. The van der Waals surface area contributed by atoms with Gasteiger partial charge in [0.05, 0.1) is 16.6 Å². The first-order valence-corrected chi connectivity index (χ1v) is 12.8. The zero-order valence-electron chi connectivity index (χ0n) is 19.3. The van der Waals surface area contributed by atoms with Crippen LogP contribution in [0.15, 0.2) is 71.6 Å². The average Bonchev–Trinajstić information content (AvgIpc) is 3.25. The summed E-state index contributed by atoms with van der Waals surface area (Å²) < 4.78 is 28.2. The van der Waals surface area contributed by atoms with E-state index in [0.29, 0.717) is 5.69 Å². The van der Waals surface area contributed by atoms with Gasteiger partial charge in [-0.05, 0) is 86.6 Å². The molecule has 0 fully saturated rings. The molecule has 0 radical (unpaired) electrons. The number of carbonyl (C=O) groups is 1. The summed E-state index contributed by atoms with van der Waals surface area (Å²) in [5.74, 6) is -0.347. The summed E-state index contributed by atoms with van der Waals surface area (Å²) >= 11 is 0. The van der Waals surface area contributed by atoms with E-state index in [4.69, 9.17) is 0 Å². The minimum absolute atomic E-state index is 0.161. The lowest BCUT2D eigenvalue weighted by atomic mass is 10.0. The third kappa shape index (κ3) is 5.11. The molecule has 1 atom stereocenters. The fraction of sp³-hybridized carbons (Fsp3) is 0.296. The molecule has 0 aliphatic heterocycles. The number of sulfonamides is 1. The molecule has 3 aromatic rings. The number of nitrogens with one attached hydrogen (secondary N) is 1. The van der Waals surface area contributed by atoms with Gasteiger partial charge in [0.1, 0.15) is 6.54 Å². The highest BCUT2D eigenvalue weighted by molar-refractivity contribution is 7.92. The maximum absolute atomic E-state index is 13.5. The number of amides is 1. The Kier molecular flexibility index (Phi) is 6.56. The van der Waals surface area contributed by atoms with Gasteiger partial charge < -0.3 is 5.32 Å². The first-order valence-electron chi connectivity index (χ1n) is 11.3. The van der Waals surface area contributed by atoms with Gasteiger partial charge in [-0.3, -0.25) is 9.10 Å². The predicted octanol–water partition coefficient (Wildman–Crippen LogP) is 4.86. The van der Waals surface area contributed by atoms with Gasteiger partial charge in [0.25, 0.3) is 10.0 Å². The van der Waals surface area contributed by atoms with Crippen LogP contribution in [0.3, 0.4) is 0 Å². The van der Waals surface area contributed by atoms with E-state index in [2.05, 4.69) is 23.5 Å². The molecule has 4 rings (SSSR count). The third-order valence-corrected chi connectivity index (χ3v) is 7.97. The Morgan fingerprint density at radius 3 is 2.39 bits per heavy atom. The molecule has 0 heterocycles. The van der Waals surface area contributed by atoms with Gasteiger partial charge in [0.15, 0.2) is 0 Å². The molecule has 33 heavy (non-hydrogen) atoms. The Morgan fingerprint density at radius 1 is 0.939 bits per heavy atom. The first-order chi connectivity index (χ1) is 15.7. The van der Waals surface area contributed by atoms with Crippen molar-refractivity contribution in [3.8, 4) is 0 Å². The molecule has 0 saturated carbocycles. The molecule has 1 aliphatic carbocycles. The van der Waals surface area contributed by atoms with E-state index >= 15 is 0 Å². The van der Waals surface area contributed by atoms with Crippen molar-refractivity contribution in [1.29, 1.82) is 0 Å². The van der Waals surface area contributed by atoms with E-state index in [1.165, 1.54) is 21.9 Å². The topological polar surface area (TPSA) is 66.5 Å². The van der Waals surface area contributed by atoms with Crippen LogP contribution in [-0.2, 0) is 27.7 Å². The van der Waals surface area contributed by atoms with E-state index in [9.17, 15) is 13.2 Å². The minimum Gasteiger partial charge on any atom is -0.348 e. The van der Waals surface area contributed by atoms with Crippen LogP contribution in [-0.4, -0.2) is 20.9 Å². The van der Waals surface area contributed by atoms with Crippen LogP contribution in [0.2, 0.25) is 0 Å². The Morgan fingerprint density at radius 2 is 1.67 bits per heavy atom. The molecule has 172 valence electrons. The zero-order chi connectivity index (χ0) is 23.6. The molecule has 0 bridgehead atoms. The Hall–Kier alpha value is -3.12. The fourth-order valence-electron chi connectivity index (χ4n) is 4.30. The maximum Gasteiger partial charge on any atom is 0.264 e. The van der Waals surface area contributed by atoms with Gasteiger partial charge in [-0.2, -0.15) is 0 Å². The Labute approximate surface area is 196 Å². The summed E-state index contributed by atoms with van der Waals surface area (Å²) in [5.41, 5.74) is 6.12. The number of carbonyl (C=O) groups excluding carboxylic acids is 1. The number of aryl methyl sites for hydroxylation is 4. The summed E-state index contributed by atoms with van der Waals surface area (Å²) in [7, 11) is -3.92. The number of fused-ring (bicyclic) bond motifs is 1. The van der Waals surface area contributed by atoms with Crippen molar-refractivity contribution in [1.82, 2.24) is 5.32 Å². The van der Waals surface area contributed by atoms with Crippen molar-refractivity contribution < 1.29 is 13.2 Å². The molecular formula is C27H30N2O3S. The van der Waals surface area contributed by atoms with Crippen molar-refractivity contribution in [2.45, 2.75) is 51.0 Å². The summed E-state index contributed by atoms with van der Waals surface area (Å²) in [6.07, 6.45) is 3.35. The van der Waals surface area contributed by atoms with Crippen LogP contribution in [0.5, 0.6) is 0 Å². The maximum atomic E-state index is 13.5. The number of benzene rings is 3. The van der Waals surface area contributed by atoms with E-state index < -0.39 is 10.0 Å². The molecule has 6 heteroatoms. The normalized spacial score (nSPS) is 13.9. The molecule has 1 amide bonds. The van der Waals surface area contributed by atoms with Crippen LogP contribution >= 0.6 is 0 Å². The molecule has 3 aromatic carbocycles. The fourth-order valence-corrected chi connectivity index (χ4v) is 5.71. The predicted molar refractivity (Wildman–Crippen MR) is 132 cm³/mol. The number of nitrogens with zero attached hydrogens (tertiary/aromatic N) is 1. The quantitative estimate of drug-likeness (QED) is 0.545. The minimum atomic E-state index is -3.92. The second-order valence-electron chi connectivity index (χ2n) is 8.83. The van der Waals surface area contributed by atoms with E-state index in [0.717, 1.165) is 29.5 Å². The standard InChI is InChI=1S/C27H30N2O3S/c1-19-10-14-26(15-11-19)33(31,32)29(25-9-4-6-20(2)16-25)18-27(30)28-21(3)23-13-12-22-7-5-8-24(22)17-23/h4,6,9-17,21H,5,7-8,18H2,1-3H3,(H,28,30)/t21-/m0/s1. The van der Waals surface area contributed by atoms with Gasteiger partial charge in [-0.25, -0.2) is 8.42 Å². The van der Waals surface area contributed by atoms with Crippen molar-refractivity contribution in [3.63, 3.8) is 0 Å². The molecule has 0 spiro atoms. The summed E-state index contributed by atoms with van der Waals surface area (Å²) in [5, 5.41) is 2.99. The van der Waals surface area contributed by atoms with Crippen molar-refractivity contribution in [2.75, 3.05) is 10.8 Å². The molecule has 0 saturated heterocycles. The van der Waals surface area contributed by atoms with Crippen LogP contribution in [0.4, 0.5) is 5.69 Å². The van der Waals surface area contributed by atoms with E-state index in [1.54, 1.807) is 42.5 Å². The van der Waals surface area contributed by atoms with Gasteiger partial charge in [-0.1, -0.05) is 48.0 Å². The van der Waals surface area contributed by atoms with Crippen LogP contribution in [0, 0.1) is 13.8 Å². The average molecular weight is 463 g/mol. The highest BCUT2D eigenvalue weighted by Gasteiger charge is 2.28. The second-order valence-corrected chi connectivity index (χ2v) is 10.7. The number of rotatable bonds is 7. The molecule has 1 N–H and O–H groups in total. The zero-order valence-corrected chi connectivity index (χ0v) is 20.2. The van der Waals surface area contributed by atoms with Gasteiger partial charge in [0.2, 0.25) is 5.91 Å². The van der Waals surface area contributed by atoms with Crippen molar-refractivity contribution in [2.24, 2.45) is 0 Å². The summed E-state index contributed by atoms with van der Waals surface area (Å²) in [6.45, 7) is 5.44. The third-order valence-electron chi connectivity index (χ3n) is 6.19. The highest BCUT2D eigenvalue weighted by Crippen LogP contribution is 2.27. The number of anilines is 1. The lowest BCUT2D eigenvalue weighted by Gasteiger charge is -2.25. The largest absolute Gasteiger partial charge is 0.348 e. The smallest absolute Gasteiger partial charge is 0.264 e. The van der Waals surface area contributed by atoms with Gasteiger partial charge >= 0.3 is 0 Å². The molecular weight excluding hydrogens is 432 g/mol. The van der Waals surface area contributed by atoms with Crippen molar-refractivity contribution in [3.05, 3.63) is 94.5 Å². The van der Waals surface area contributed by atoms with Crippen LogP contribution in [0.1, 0.15) is 47.2 Å². The highest BCUT2D eigenvalue weighted by atomic mass is 32.2. The Bertz CT molecular complexity index is 1270. The van der Waals surface area contributed by atoms with Gasteiger partial charge in [-0.15, -0.1) is 0 Å². The lowest BCUT2D eigenvalue weighted by molar-refractivity contribution is -0.120. The van der Waals surface area contributed by atoms with Crippen LogP contribution in [0.25, 0.3) is 0 Å². The SMILES string of the molecule is Cc1ccc(S(=O)(=O)N(CC(=O)N[C@@H](C)c2ccc3c(c2)CCC3)c2cccc(C)c2)cc1. The lowest BCUT2D eigenvalue weighted by Crippen LogP contribution is -2.41.